The van der Waals surface area contributed by atoms with E-state index >= 15 is 0 Å². The Morgan fingerprint density at radius 1 is 1.25 bits per heavy atom. The SMILES string of the molecule is COc1ccc2ccnc(NCc3ccn(C)n3)c2c1. The molecule has 0 aliphatic rings. The molecule has 3 aromatic rings. The summed E-state index contributed by atoms with van der Waals surface area (Å²) in [5.74, 6) is 1.67. The van der Waals surface area contributed by atoms with Crippen molar-refractivity contribution in [1.29, 1.82) is 0 Å². The van der Waals surface area contributed by atoms with Gasteiger partial charge in [0.15, 0.2) is 0 Å². The predicted molar refractivity (Wildman–Crippen MR) is 78.8 cm³/mol. The van der Waals surface area contributed by atoms with E-state index in [2.05, 4.69) is 15.4 Å². The highest BCUT2D eigenvalue weighted by Crippen LogP contribution is 2.25. The first kappa shape index (κ1) is 12.5. The van der Waals surface area contributed by atoms with Gasteiger partial charge < -0.3 is 10.1 Å². The zero-order valence-electron chi connectivity index (χ0n) is 11.5. The van der Waals surface area contributed by atoms with E-state index < -0.39 is 0 Å². The molecule has 0 aliphatic carbocycles. The molecule has 2 heterocycles. The Morgan fingerprint density at radius 2 is 2.15 bits per heavy atom. The van der Waals surface area contributed by atoms with Crippen LogP contribution in [0.15, 0.2) is 42.7 Å². The van der Waals surface area contributed by atoms with Crippen LogP contribution in [0.25, 0.3) is 10.8 Å². The summed E-state index contributed by atoms with van der Waals surface area (Å²) in [7, 11) is 3.57. The van der Waals surface area contributed by atoms with Crippen LogP contribution in [0, 0.1) is 0 Å². The minimum absolute atomic E-state index is 0.643. The molecular weight excluding hydrogens is 252 g/mol. The van der Waals surface area contributed by atoms with E-state index in [1.807, 2.05) is 43.6 Å². The summed E-state index contributed by atoms with van der Waals surface area (Å²) in [4.78, 5) is 4.40. The van der Waals surface area contributed by atoms with Gasteiger partial charge in [-0.1, -0.05) is 6.07 Å². The van der Waals surface area contributed by atoms with Crippen LogP contribution < -0.4 is 10.1 Å². The summed E-state index contributed by atoms with van der Waals surface area (Å²) in [6.45, 7) is 0.643. The summed E-state index contributed by atoms with van der Waals surface area (Å²) < 4.78 is 7.06. The van der Waals surface area contributed by atoms with Gasteiger partial charge in [0.2, 0.25) is 0 Å². The number of pyridine rings is 1. The van der Waals surface area contributed by atoms with Gasteiger partial charge >= 0.3 is 0 Å². The fourth-order valence-electron chi connectivity index (χ4n) is 2.15. The normalized spacial score (nSPS) is 10.7. The lowest BCUT2D eigenvalue weighted by Crippen LogP contribution is -2.03. The molecule has 0 unspecified atom stereocenters. The molecule has 1 N–H and O–H groups in total. The molecule has 0 saturated heterocycles. The van der Waals surface area contributed by atoms with Crippen molar-refractivity contribution in [3.63, 3.8) is 0 Å². The number of hydrogen-bond acceptors (Lipinski definition) is 4. The number of fused-ring (bicyclic) bond motifs is 1. The lowest BCUT2D eigenvalue weighted by atomic mass is 10.1. The van der Waals surface area contributed by atoms with Crippen LogP contribution in [-0.4, -0.2) is 21.9 Å². The Bertz CT molecular complexity index is 736. The summed E-state index contributed by atoms with van der Waals surface area (Å²) in [5, 5.41) is 9.84. The van der Waals surface area contributed by atoms with Crippen LogP contribution in [0.3, 0.4) is 0 Å². The number of rotatable bonds is 4. The Morgan fingerprint density at radius 3 is 2.90 bits per heavy atom. The van der Waals surface area contributed by atoms with Crippen molar-refractivity contribution in [1.82, 2.24) is 14.8 Å². The zero-order chi connectivity index (χ0) is 13.9. The van der Waals surface area contributed by atoms with Crippen molar-refractivity contribution >= 4 is 16.6 Å². The molecule has 5 nitrogen and oxygen atoms in total. The molecule has 0 bridgehead atoms. The van der Waals surface area contributed by atoms with E-state index in [1.54, 1.807) is 18.0 Å². The number of nitrogens with one attached hydrogen (secondary N) is 1. The first-order chi connectivity index (χ1) is 9.76. The highest BCUT2D eigenvalue weighted by Gasteiger charge is 2.05. The smallest absolute Gasteiger partial charge is 0.134 e. The minimum Gasteiger partial charge on any atom is -0.497 e. The number of hydrogen-bond donors (Lipinski definition) is 1. The molecule has 3 rings (SSSR count). The lowest BCUT2D eigenvalue weighted by Gasteiger charge is -2.09. The fourth-order valence-corrected chi connectivity index (χ4v) is 2.15. The number of ether oxygens (including phenoxy) is 1. The van der Waals surface area contributed by atoms with Gasteiger partial charge in [-0.25, -0.2) is 4.98 Å². The first-order valence-corrected chi connectivity index (χ1v) is 6.41. The Kier molecular flexibility index (Phi) is 3.25. The monoisotopic (exact) mass is 268 g/mol. The second kappa shape index (κ2) is 5.21. The Balaban J connectivity index is 1.90. The predicted octanol–water partition coefficient (Wildman–Crippen LogP) is 2.59. The molecule has 0 atom stereocenters. The Labute approximate surface area is 117 Å². The maximum atomic E-state index is 5.27. The first-order valence-electron chi connectivity index (χ1n) is 6.41. The topological polar surface area (TPSA) is 52.0 Å². The summed E-state index contributed by atoms with van der Waals surface area (Å²) in [6, 6.07) is 9.94. The zero-order valence-corrected chi connectivity index (χ0v) is 11.5. The quantitative estimate of drug-likeness (QED) is 0.790. The van der Waals surface area contributed by atoms with Crippen LogP contribution in [0.1, 0.15) is 5.69 Å². The van der Waals surface area contributed by atoms with Gasteiger partial charge in [-0.15, -0.1) is 0 Å². The molecule has 5 heteroatoms. The van der Waals surface area contributed by atoms with E-state index in [4.69, 9.17) is 4.74 Å². The van der Waals surface area contributed by atoms with Gasteiger partial charge in [0.25, 0.3) is 0 Å². The molecular formula is C15H16N4O. The molecule has 0 radical (unpaired) electrons. The van der Waals surface area contributed by atoms with Crippen molar-refractivity contribution in [3.05, 3.63) is 48.4 Å². The standard InChI is InChI=1S/C15H16N4O/c1-19-8-6-12(18-19)10-17-15-14-9-13(20-2)4-3-11(14)5-7-16-15/h3-9H,10H2,1-2H3,(H,16,17). The maximum absolute atomic E-state index is 5.27. The third-order valence-corrected chi connectivity index (χ3v) is 3.18. The van der Waals surface area contributed by atoms with Crippen molar-refractivity contribution in [2.75, 3.05) is 12.4 Å². The van der Waals surface area contributed by atoms with Gasteiger partial charge in [0.05, 0.1) is 19.3 Å². The highest BCUT2D eigenvalue weighted by atomic mass is 16.5. The van der Waals surface area contributed by atoms with E-state index in [1.165, 1.54) is 0 Å². The summed E-state index contributed by atoms with van der Waals surface area (Å²) in [5.41, 5.74) is 0.981. The third kappa shape index (κ3) is 2.42. The highest BCUT2D eigenvalue weighted by molar-refractivity contribution is 5.92. The van der Waals surface area contributed by atoms with Gasteiger partial charge in [-0.05, 0) is 29.7 Å². The minimum atomic E-state index is 0.643. The molecule has 0 saturated carbocycles. The maximum Gasteiger partial charge on any atom is 0.134 e. The van der Waals surface area contributed by atoms with Gasteiger partial charge in [-0.2, -0.15) is 5.10 Å². The second-order valence-electron chi connectivity index (χ2n) is 4.58. The lowest BCUT2D eigenvalue weighted by molar-refractivity contribution is 0.415. The molecule has 0 amide bonds. The number of aryl methyl sites for hydroxylation is 1. The van der Waals surface area contributed by atoms with Crippen molar-refractivity contribution in [2.45, 2.75) is 6.54 Å². The van der Waals surface area contributed by atoms with E-state index in [9.17, 15) is 0 Å². The molecule has 20 heavy (non-hydrogen) atoms. The molecule has 1 aromatic carbocycles. The average molecular weight is 268 g/mol. The summed E-state index contributed by atoms with van der Waals surface area (Å²) >= 11 is 0. The van der Waals surface area contributed by atoms with Gasteiger partial charge in [-0.3, -0.25) is 4.68 Å². The van der Waals surface area contributed by atoms with Crippen molar-refractivity contribution in [3.8, 4) is 5.75 Å². The molecule has 0 fully saturated rings. The van der Waals surface area contributed by atoms with Crippen LogP contribution in [-0.2, 0) is 13.6 Å². The third-order valence-electron chi connectivity index (χ3n) is 3.18. The Hall–Kier alpha value is -2.56. The number of anilines is 1. The average Bonchev–Trinajstić information content (AvgIpc) is 2.90. The van der Waals surface area contributed by atoms with Gasteiger partial charge in [0.1, 0.15) is 11.6 Å². The van der Waals surface area contributed by atoms with Crippen molar-refractivity contribution in [2.24, 2.45) is 7.05 Å². The number of methoxy groups -OCH3 is 1. The van der Waals surface area contributed by atoms with E-state index in [0.717, 1.165) is 28.0 Å². The van der Waals surface area contributed by atoms with Crippen LogP contribution in [0.5, 0.6) is 5.75 Å². The largest absolute Gasteiger partial charge is 0.497 e. The van der Waals surface area contributed by atoms with E-state index in [0.29, 0.717) is 6.54 Å². The number of aromatic nitrogens is 3. The van der Waals surface area contributed by atoms with Crippen LogP contribution in [0.2, 0.25) is 0 Å². The second-order valence-corrected chi connectivity index (χ2v) is 4.58. The van der Waals surface area contributed by atoms with Crippen molar-refractivity contribution < 1.29 is 4.74 Å². The molecule has 0 aliphatic heterocycles. The molecule has 2 aromatic heterocycles. The van der Waals surface area contributed by atoms with Gasteiger partial charge in [0, 0.05) is 24.8 Å². The van der Waals surface area contributed by atoms with Crippen LogP contribution >= 0.6 is 0 Å². The van der Waals surface area contributed by atoms with E-state index in [-0.39, 0.29) is 0 Å². The summed E-state index contributed by atoms with van der Waals surface area (Å²) in [6.07, 6.45) is 3.73. The molecule has 102 valence electrons. The number of nitrogens with zero attached hydrogens (tertiary/aromatic N) is 3. The fraction of sp³-hybridized carbons (Fsp3) is 0.200. The van der Waals surface area contributed by atoms with Crippen LogP contribution in [0.4, 0.5) is 5.82 Å². The molecule has 0 spiro atoms. The number of benzene rings is 1.